The number of rotatable bonds is 5. The van der Waals surface area contributed by atoms with Crippen LogP contribution in [0.4, 0.5) is 0 Å². The van der Waals surface area contributed by atoms with Gasteiger partial charge in [0.2, 0.25) is 5.82 Å². The third kappa shape index (κ3) is 3.77. The van der Waals surface area contributed by atoms with E-state index in [1.165, 1.54) is 10.4 Å². The van der Waals surface area contributed by atoms with E-state index in [4.69, 9.17) is 11.6 Å². The highest BCUT2D eigenvalue weighted by Gasteiger charge is 2.20. The molecule has 0 N–H and O–H groups in total. The van der Waals surface area contributed by atoms with E-state index in [-0.39, 0.29) is 5.78 Å². The second-order valence-electron chi connectivity index (χ2n) is 6.26. The molecule has 0 bridgehead atoms. The molecule has 0 amide bonds. The van der Waals surface area contributed by atoms with Gasteiger partial charge in [-0.2, -0.15) is 4.80 Å². The van der Waals surface area contributed by atoms with Crippen molar-refractivity contribution in [3.05, 3.63) is 64.7 Å². The van der Waals surface area contributed by atoms with Crippen LogP contribution in [0.3, 0.4) is 0 Å². The number of nitrogens with zero attached hydrogens (tertiary/aromatic N) is 4. The average Bonchev–Trinajstić information content (AvgIpc) is 3.11. The second-order valence-corrected chi connectivity index (χ2v) is 6.69. The standard InChI is InChI=1S/C19H19ClN4O/c1-12(2)14-4-6-16(7-5-14)19-21-23-24(22-19)13(3)18(25)15-8-10-17(20)11-9-15/h4-13H,1-3H3/t13-/m1/s1. The van der Waals surface area contributed by atoms with Crippen molar-refractivity contribution < 1.29 is 4.79 Å². The lowest BCUT2D eigenvalue weighted by Crippen LogP contribution is -2.19. The molecule has 1 atom stereocenters. The summed E-state index contributed by atoms with van der Waals surface area (Å²) in [6.45, 7) is 6.05. The van der Waals surface area contributed by atoms with E-state index in [0.717, 1.165) is 5.56 Å². The summed E-state index contributed by atoms with van der Waals surface area (Å²) < 4.78 is 0. The number of ketones is 1. The van der Waals surface area contributed by atoms with E-state index in [0.29, 0.717) is 22.3 Å². The normalized spacial score (nSPS) is 12.4. The van der Waals surface area contributed by atoms with Gasteiger partial charge in [0.05, 0.1) is 0 Å². The average molecular weight is 355 g/mol. The topological polar surface area (TPSA) is 60.7 Å². The lowest BCUT2D eigenvalue weighted by atomic mass is 10.0. The van der Waals surface area contributed by atoms with E-state index in [9.17, 15) is 4.79 Å². The highest BCUT2D eigenvalue weighted by Crippen LogP contribution is 2.21. The Morgan fingerprint density at radius 1 is 1.00 bits per heavy atom. The SMILES string of the molecule is CC(C)c1ccc(-c2nnn([C@H](C)C(=O)c3ccc(Cl)cc3)n2)cc1. The van der Waals surface area contributed by atoms with Crippen molar-refractivity contribution in [2.45, 2.75) is 32.7 Å². The Labute approximate surface area is 151 Å². The molecule has 5 nitrogen and oxygen atoms in total. The minimum atomic E-state index is -0.544. The van der Waals surface area contributed by atoms with Crippen LogP contribution in [0, 0.1) is 0 Å². The fourth-order valence-electron chi connectivity index (χ4n) is 2.48. The predicted octanol–water partition coefficient (Wildman–Crippen LogP) is 4.56. The zero-order valence-corrected chi connectivity index (χ0v) is 15.1. The highest BCUT2D eigenvalue weighted by atomic mass is 35.5. The van der Waals surface area contributed by atoms with Gasteiger partial charge >= 0.3 is 0 Å². The fourth-order valence-corrected chi connectivity index (χ4v) is 2.61. The van der Waals surface area contributed by atoms with Gasteiger partial charge in [0.15, 0.2) is 5.78 Å². The maximum absolute atomic E-state index is 12.6. The first-order valence-electron chi connectivity index (χ1n) is 8.15. The summed E-state index contributed by atoms with van der Waals surface area (Å²) in [7, 11) is 0. The van der Waals surface area contributed by atoms with Gasteiger partial charge in [-0.25, -0.2) is 0 Å². The molecule has 2 aromatic carbocycles. The third-order valence-electron chi connectivity index (χ3n) is 4.12. The molecule has 6 heteroatoms. The number of benzene rings is 2. The molecule has 0 saturated heterocycles. The monoisotopic (exact) mass is 354 g/mol. The first-order chi connectivity index (χ1) is 12.0. The highest BCUT2D eigenvalue weighted by molar-refractivity contribution is 6.30. The molecule has 0 aliphatic rings. The Hall–Kier alpha value is -2.53. The van der Waals surface area contributed by atoms with Crippen LogP contribution in [0.25, 0.3) is 11.4 Å². The van der Waals surface area contributed by atoms with Crippen LogP contribution in [-0.4, -0.2) is 26.0 Å². The minimum absolute atomic E-state index is 0.0872. The van der Waals surface area contributed by atoms with E-state index < -0.39 is 6.04 Å². The maximum Gasteiger partial charge on any atom is 0.204 e. The summed E-state index contributed by atoms with van der Waals surface area (Å²) in [6, 6.07) is 14.3. The van der Waals surface area contributed by atoms with Crippen LogP contribution in [0.15, 0.2) is 48.5 Å². The van der Waals surface area contributed by atoms with Crippen molar-refractivity contribution in [2.75, 3.05) is 0 Å². The molecule has 1 aromatic heterocycles. The maximum atomic E-state index is 12.6. The van der Waals surface area contributed by atoms with Crippen LogP contribution in [0.2, 0.25) is 5.02 Å². The van der Waals surface area contributed by atoms with Gasteiger partial charge < -0.3 is 0 Å². The molecule has 0 radical (unpaired) electrons. The summed E-state index contributed by atoms with van der Waals surface area (Å²) in [6.07, 6.45) is 0. The van der Waals surface area contributed by atoms with E-state index in [1.54, 1.807) is 31.2 Å². The summed E-state index contributed by atoms with van der Waals surface area (Å²) in [5, 5.41) is 13.1. The molecule has 25 heavy (non-hydrogen) atoms. The zero-order valence-electron chi connectivity index (χ0n) is 14.3. The lowest BCUT2D eigenvalue weighted by molar-refractivity contribution is 0.0918. The smallest absolute Gasteiger partial charge is 0.204 e. The second kappa shape index (κ2) is 7.15. The zero-order chi connectivity index (χ0) is 18.0. The minimum Gasteiger partial charge on any atom is -0.292 e. The lowest BCUT2D eigenvalue weighted by Gasteiger charge is -2.08. The van der Waals surface area contributed by atoms with Crippen LogP contribution < -0.4 is 0 Å². The van der Waals surface area contributed by atoms with E-state index in [2.05, 4.69) is 41.4 Å². The number of carbonyl (C=O) groups is 1. The van der Waals surface area contributed by atoms with Gasteiger partial charge in [-0.15, -0.1) is 10.2 Å². The predicted molar refractivity (Wildman–Crippen MR) is 97.8 cm³/mol. The Morgan fingerprint density at radius 3 is 2.24 bits per heavy atom. The van der Waals surface area contributed by atoms with Crippen molar-refractivity contribution in [1.29, 1.82) is 0 Å². The number of carbonyl (C=O) groups excluding carboxylic acids is 1. The van der Waals surface area contributed by atoms with Crippen LogP contribution >= 0.6 is 11.6 Å². The Bertz CT molecular complexity index is 869. The molecule has 3 aromatic rings. The molecule has 128 valence electrons. The van der Waals surface area contributed by atoms with E-state index in [1.807, 2.05) is 12.1 Å². The van der Waals surface area contributed by atoms with Crippen molar-refractivity contribution in [3.63, 3.8) is 0 Å². The van der Waals surface area contributed by atoms with Gasteiger partial charge in [-0.3, -0.25) is 4.79 Å². The summed E-state index contributed by atoms with van der Waals surface area (Å²) in [4.78, 5) is 13.9. The van der Waals surface area contributed by atoms with Crippen LogP contribution in [0.5, 0.6) is 0 Å². The summed E-state index contributed by atoms with van der Waals surface area (Å²) in [5.41, 5.74) is 2.70. The van der Waals surface area contributed by atoms with Crippen molar-refractivity contribution in [2.24, 2.45) is 0 Å². The molecule has 0 spiro atoms. The largest absolute Gasteiger partial charge is 0.292 e. The Kier molecular flexibility index (Phi) is 4.95. The molecular weight excluding hydrogens is 336 g/mol. The first-order valence-corrected chi connectivity index (χ1v) is 8.53. The number of Topliss-reactive ketones (excluding diaryl/α,β-unsaturated/α-hetero) is 1. The molecule has 0 fully saturated rings. The Morgan fingerprint density at radius 2 is 1.64 bits per heavy atom. The molecule has 3 rings (SSSR count). The quantitative estimate of drug-likeness (QED) is 0.630. The molecule has 0 aliphatic heterocycles. The number of hydrogen-bond acceptors (Lipinski definition) is 4. The summed E-state index contributed by atoms with van der Waals surface area (Å²) in [5.74, 6) is 0.886. The number of aromatic nitrogens is 4. The van der Waals surface area contributed by atoms with Gasteiger partial charge in [0, 0.05) is 16.1 Å². The molecule has 1 heterocycles. The number of tetrazole rings is 1. The Balaban J connectivity index is 1.80. The van der Waals surface area contributed by atoms with Gasteiger partial charge in [0.25, 0.3) is 0 Å². The summed E-state index contributed by atoms with van der Waals surface area (Å²) >= 11 is 5.86. The van der Waals surface area contributed by atoms with Crippen LogP contribution in [-0.2, 0) is 0 Å². The first kappa shape index (κ1) is 17.3. The fraction of sp³-hybridized carbons (Fsp3) is 0.263. The molecule has 0 unspecified atom stereocenters. The molecular formula is C19H19ClN4O. The van der Waals surface area contributed by atoms with Gasteiger partial charge in [-0.05, 0) is 47.9 Å². The molecule has 0 saturated carbocycles. The number of hydrogen-bond donors (Lipinski definition) is 0. The number of halogens is 1. The third-order valence-corrected chi connectivity index (χ3v) is 4.37. The van der Waals surface area contributed by atoms with Crippen LogP contribution in [0.1, 0.15) is 48.7 Å². The van der Waals surface area contributed by atoms with Gasteiger partial charge in [0.1, 0.15) is 6.04 Å². The van der Waals surface area contributed by atoms with Crippen molar-refractivity contribution >= 4 is 17.4 Å². The molecule has 0 aliphatic carbocycles. The van der Waals surface area contributed by atoms with Gasteiger partial charge in [-0.1, -0.05) is 49.7 Å². The van der Waals surface area contributed by atoms with E-state index >= 15 is 0 Å². The van der Waals surface area contributed by atoms with Crippen molar-refractivity contribution in [3.8, 4) is 11.4 Å². The van der Waals surface area contributed by atoms with Crippen molar-refractivity contribution in [1.82, 2.24) is 20.2 Å².